The van der Waals surface area contributed by atoms with E-state index in [-0.39, 0.29) is 50.9 Å². The number of hydrogen-bond acceptors (Lipinski definition) is 14. The molecule has 16 nitrogen and oxygen atoms in total. The number of hydrogen-bond donors (Lipinski definition) is 1. The van der Waals surface area contributed by atoms with Gasteiger partial charge in [0.25, 0.3) is 10.2 Å². The summed E-state index contributed by atoms with van der Waals surface area (Å²) in [6.07, 6.45) is -2.06. The van der Waals surface area contributed by atoms with Gasteiger partial charge >= 0.3 is 12.1 Å². The summed E-state index contributed by atoms with van der Waals surface area (Å²) in [7, 11) is 0. The minimum Gasteiger partial charge on any atom is -0.450 e. The smallest absolute Gasteiger partial charge is 0.450 e. The molecule has 2 fully saturated rings. The minimum atomic E-state index is -2.47. The number of allylic oxidation sites excluding steroid dienone is 4. The Bertz CT molecular complexity index is 1440. The molecule has 0 amide bonds. The summed E-state index contributed by atoms with van der Waals surface area (Å²) in [6.45, 7) is 2.69. The number of rotatable bonds is 15. The number of ketones is 2. The van der Waals surface area contributed by atoms with Crippen LogP contribution in [0.1, 0.15) is 72.1 Å². The van der Waals surface area contributed by atoms with Crippen LogP contribution in [-0.4, -0.2) is 82.8 Å². The van der Waals surface area contributed by atoms with Crippen molar-refractivity contribution in [3.8, 4) is 0 Å². The lowest BCUT2D eigenvalue weighted by molar-refractivity contribution is -0.757. The summed E-state index contributed by atoms with van der Waals surface area (Å²) in [5.74, 6) is -5.90. The summed E-state index contributed by atoms with van der Waals surface area (Å²) in [4.78, 5) is 81.1. The monoisotopic (exact) mass is 702 g/mol. The zero-order chi connectivity index (χ0) is 36.4. The fourth-order valence-electron chi connectivity index (χ4n) is 8.72. The number of alkyl halides is 1. The molecular formula is C31H40F2N2O14. The van der Waals surface area contributed by atoms with Crippen molar-refractivity contribution >= 4 is 23.7 Å². The molecule has 49 heavy (non-hydrogen) atoms. The van der Waals surface area contributed by atoms with E-state index in [0.717, 1.165) is 0 Å². The zero-order valence-electron chi connectivity index (χ0n) is 27.4. The minimum absolute atomic E-state index is 0.0427. The Hall–Kier alpha value is -4.22. The molecule has 272 valence electrons. The highest BCUT2D eigenvalue weighted by Crippen LogP contribution is 2.71. The Labute approximate surface area is 279 Å². The van der Waals surface area contributed by atoms with Gasteiger partial charge < -0.3 is 29.0 Å². The Morgan fingerprint density at radius 2 is 1.65 bits per heavy atom. The van der Waals surface area contributed by atoms with Crippen molar-refractivity contribution in [3.63, 3.8) is 0 Å². The zero-order valence-corrected chi connectivity index (χ0v) is 27.4. The number of fused-ring (bicyclic) bond motifs is 5. The van der Waals surface area contributed by atoms with Crippen LogP contribution < -0.4 is 0 Å². The van der Waals surface area contributed by atoms with E-state index in [0.29, 0.717) is 0 Å². The number of aliphatic hydroxyl groups excluding tert-OH is 1. The highest BCUT2D eigenvalue weighted by atomic mass is 19.1. The number of nitrogens with zero attached hydrogens (tertiary/aromatic N) is 2. The van der Waals surface area contributed by atoms with E-state index in [1.807, 2.05) is 0 Å². The normalized spacial score (nSPS) is 34.6. The molecule has 0 radical (unpaired) electrons. The van der Waals surface area contributed by atoms with Gasteiger partial charge in [-0.2, -0.15) is 0 Å². The van der Waals surface area contributed by atoms with Gasteiger partial charge in [-0.1, -0.05) is 19.9 Å². The molecule has 1 N–H and O–H groups in total. The molecule has 0 aromatic rings. The average molecular weight is 703 g/mol. The van der Waals surface area contributed by atoms with Crippen LogP contribution in [0.15, 0.2) is 23.6 Å². The number of halogens is 2. The van der Waals surface area contributed by atoms with Crippen molar-refractivity contribution in [2.75, 3.05) is 26.4 Å². The standard InChI is InChI=1S/C31H40F2N2O14/c1-18-13-20-21-15-23(32)22-14-19(36)8-9-28(22,2)30(21,33)24(37)16-29(20,3)31(18,49-26(39)7-6-12-48-35(43)44)25(38)17-46-27(40)45-10-4-5-11-47-34(41)42/h8-9,18,20-21,24,37H,4-7,10-17H2,1-3H3/t18-,20?,21?,24+,28+,29+,30+,31+/m1/s1. The van der Waals surface area contributed by atoms with Gasteiger partial charge in [0, 0.05) is 41.9 Å². The van der Waals surface area contributed by atoms with Crippen LogP contribution in [0.2, 0.25) is 0 Å². The first kappa shape index (κ1) is 37.6. The van der Waals surface area contributed by atoms with E-state index in [2.05, 4.69) is 9.68 Å². The van der Waals surface area contributed by atoms with Gasteiger partial charge in [0.05, 0.1) is 25.9 Å². The number of carbonyl (C=O) groups is 4. The van der Waals surface area contributed by atoms with Crippen molar-refractivity contribution in [1.82, 2.24) is 0 Å². The number of ether oxygens (including phenoxy) is 3. The van der Waals surface area contributed by atoms with Crippen molar-refractivity contribution < 1.29 is 67.1 Å². The van der Waals surface area contributed by atoms with E-state index in [9.17, 15) is 44.5 Å². The molecule has 18 heteroatoms. The molecule has 2 unspecified atom stereocenters. The molecule has 8 atom stereocenters. The molecule has 0 heterocycles. The van der Waals surface area contributed by atoms with E-state index >= 15 is 8.78 Å². The van der Waals surface area contributed by atoms with Gasteiger partial charge in [-0.15, -0.1) is 20.2 Å². The van der Waals surface area contributed by atoms with Gasteiger partial charge in [-0.3, -0.25) is 14.4 Å². The van der Waals surface area contributed by atoms with Crippen LogP contribution in [0.3, 0.4) is 0 Å². The molecule has 0 saturated heterocycles. The predicted octanol–water partition coefficient (Wildman–Crippen LogP) is 3.88. The first-order valence-corrected chi connectivity index (χ1v) is 16.0. The van der Waals surface area contributed by atoms with E-state index in [1.54, 1.807) is 6.92 Å². The van der Waals surface area contributed by atoms with Crippen LogP contribution in [-0.2, 0) is 38.3 Å². The summed E-state index contributed by atoms with van der Waals surface area (Å²) >= 11 is 0. The van der Waals surface area contributed by atoms with Crippen LogP contribution in [0.4, 0.5) is 13.6 Å². The second-order valence-corrected chi connectivity index (χ2v) is 13.5. The number of unbranched alkanes of at least 4 members (excludes halogenated alkanes) is 1. The highest BCUT2D eigenvalue weighted by Gasteiger charge is 2.77. The van der Waals surface area contributed by atoms with Crippen molar-refractivity contribution in [3.05, 3.63) is 43.8 Å². The van der Waals surface area contributed by atoms with Crippen LogP contribution in [0.5, 0.6) is 0 Å². The summed E-state index contributed by atoms with van der Waals surface area (Å²) in [5, 5.41) is 30.4. The third-order valence-corrected chi connectivity index (χ3v) is 10.9. The topological polar surface area (TPSA) is 221 Å². The highest BCUT2D eigenvalue weighted by molar-refractivity contribution is 5.94. The Morgan fingerprint density at radius 3 is 2.31 bits per heavy atom. The van der Waals surface area contributed by atoms with Gasteiger partial charge in [0.2, 0.25) is 5.78 Å². The Kier molecular flexibility index (Phi) is 11.0. The van der Waals surface area contributed by atoms with Crippen LogP contribution >= 0.6 is 0 Å². The maximum absolute atomic E-state index is 17.6. The van der Waals surface area contributed by atoms with E-state index in [1.165, 1.54) is 26.0 Å². The SMILES string of the molecule is C[C@@H]1CC2C3CC(F)=C4CC(=O)C=C[C@]4(C)[C@@]3(F)[C@@H](O)C[C@]2(C)[C@@]1(OC(=O)CCCO[N+](=O)[O-])C(=O)COC(=O)OCCCCO[N+](=O)[O-]. The lowest BCUT2D eigenvalue weighted by Gasteiger charge is -2.62. The number of aliphatic hydroxyl groups is 1. The van der Waals surface area contributed by atoms with Gasteiger partial charge in [-0.25, -0.2) is 13.6 Å². The van der Waals surface area contributed by atoms with E-state index < -0.39 is 118 Å². The van der Waals surface area contributed by atoms with Crippen molar-refractivity contribution in [1.29, 1.82) is 0 Å². The molecule has 0 spiro atoms. The molecule has 4 rings (SSSR count). The fraction of sp³-hybridized carbons (Fsp3) is 0.742. The number of Topliss-reactive ketones (excluding diaryl/α,β-unsaturated/α-hetero) is 1. The van der Waals surface area contributed by atoms with Gasteiger partial charge in [0.1, 0.15) is 5.83 Å². The van der Waals surface area contributed by atoms with E-state index in [4.69, 9.17) is 14.2 Å². The lowest BCUT2D eigenvalue weighted by atomic mass is 9.45. The quantitative estimate of drug-likeness (QED) is 0.111. The molecule has 4 aliphatic carbocycles. The Morgan fingerprint density at radius 1 is 1.02 bits per heavy atom. The third kappa shape index (κ3) is 6.70. The predicted molar refractivity (Wildman–Crippen MR) is 158 cm³/mol. The molecule has 0 aliphatic heterocycles. The van der Waals surface area contributed by atoms with Gasteiger partial charge in [-0.05, 0) is 56.6 Å². The Balaban J connectivity index is 1.61. The molecular weight excluding hydrogens is 662 g/mol. The second kappa shape index (κ2) is 14.3. The molecule has 0 bridgehead atoms. The van der Waals surface area contributed by atoms with Crippen LogP contribution in [0, 0.1) is 48.8 Å². The molecule has 0 aromatic heterocycles. The summed E-state index contributed by atoms with van der Waals surface area (Å²) < 4.78 is 49.4. The fourth-order valence-corrected chi connectivity index (χ4v) is 8.72. The molecule has 0 aromatic carbocycles. The van der Waals surface area contributed by atoms with Crippen LogP contribution in [0.25, 0.3) is 0 Å². The largest absolute Gasteiger partial charge is 0.508 e. The first-order valence-electron chi connectivity index (χ1n) is 16.0. The second-order valence-electron chi connectivity index (χ2n) is 13.5. The van der Waals surface area contributed by atoms with Crippen molar-refractivity contribution in [2.45, 2.75) is 89.5 Å². The summed E-state index contributed by atoms with van der Waals surface area (Å²) in [5.41, 5.74) is -7.84. The summed E-state index contributed by atoms with van der Waals surface area (Å²) in [6, 6.07) is 0. The average Bonchev–Trinajstić information content (AvgIpc) is 3.24. The van der Waals surface area contributed by atoms with Gasteiger partial charge in [0.15, 0.2) is 23.7 Å². The van der Waals surface area contributed by atoms with Crippen molar-refractivity contribution in [2.24, 2.45) is 28.6 Å². The molecule has 2 saturated carbocycles. The maximum atomic E-state index is 17.6. The number of esters is 1. The number of carbonyl (C=O) groups excluding carboxylic acids is 4. The lowest BCUT2D eigenvalue weighted by Crippen LogP contribution is -2.70. The maximum Gasteiger partial charge on any atom is 0.508 e. The molecule has 4 aliphatic rings. The third-order valence-electron chi connectivity index (χ3n) is 10.9. The first-order chi connectivity index (χ1) is 22.9.